The molecular weight excluding hydrogens is 226 g/mol. The van der Waals surface area contributed by atoms with E-state index in [1.807, 2.05) is 5.38 Å². The summed E-state index contributed by atoms with van der Waals surface area (Å²) in [4.78, 5) is 18.9. The molecule has 0 bridgehead atoms. The molecule has 0 spiro atoms. The molecule has 0 saturated carbocycles. The molecule has 0 aliphatic carbocycles. The van der Waals surface area contributed by atoms with Crippen LogP contribution in [0.15, 0.2) is 33.0 Å². The van der Waals surface area contributed by atoms with Gasteiger partial charge in [0.15, 0.2) is 0 Å². The topological polar surface area (TPSA) is 84.9 Å². The number of nitrogen functional groups attached to an aromatic ring is 1. The Morgan fingerprint density at radius 2 is 2.38 bits per heavy atom. The number of hydrogen-bond donors (Lipinski definition) is 2. The van der Waals surface area contributed by atoms with Crippen molar-refractivity contribution in [2.75, 3.05) is 5.73 Å². The Morgan fingerprint density at radius 3 is 3.12 bits per heavy atom. The lowest BCUT2D eigenvalue weighted by atomic mass is 10.2. The third-order valence-corrected chi connectivity index (χ3v) is 3.12. The minimum absolute atomic E-state index is 0.130. The van der Waals surface area contributed by atoms with Gasteiger partial charge in [0.25, 0.3) is 5.56 Å². The lowest BCUT2D eigenvalue weighted by Gasteiger charge is -1.94. The number of H-pyrrole nitrogens is 1. The van der Waals surface area contributed by atoms with Crippen molar-refractivity contribution in [1.82, 2.24) is 9.97 Å². The molecule has 5 nitrogen and oxygen atoms in total. The van der Waals surface area contributed by atoms with Crippen LogP contribution in [0.3, 0.4) is 0 Å². The van der Waals surface area contributed by atoms with Crippen molar-refractivity contribution in [2.24, 2.45) is 0 Å². The van der Waals surface area contributed by atoms with Gasteiger partial charge in [0.2, 0.25) is 5.95 Å². The molecule has 0 amide bonds. The lowest BCUT2D eigenvalue weighted by molar-refractivity contribution is 0.583. The van der Waals surface area contributed by atoms with E-state index in [0.29, 0.717) is 16.0 Å². The second kappa shape index (κ2) is 3.21. The summed E-state index contributed by atoms with van der Waals surface area (Å²) < 4.78 is 5.27. The van der Waals surface area contributed by atoms with Crippen LogP contribution in [0, 0.1) is 0 Å². The van der Waals surface area contributed by atoms with Crippen molar-refractivity contribution in [3.05, 3.63) is 34.1 Å². The summed E-state index contributed by atoms with van der Waals surface area (Å²) in [5.41, 5.74) is 5.98. The molecule has 0 saturated heterocycles. The number of nitrogens with zero attached hydrogens (tertiary/aromatic N) is 1. The van der Waals surface area contributed by atoms with E-state index in [9.17, 15) is 4.79 Å². The van der Waals surface area contributed by atoms with Gasteiger partial charge in [-0.1, -0.05) is 0 Å². The van der Waals surface area contributed by atoms with E-state index >= 15 is 0 Å². The van der Waals surface area contributed by atoms with Crippen LogP contribution in [-0.2, 0) is 0 Å². The highest BCUT2D eigenvalue weighted by atomic mass is 32.1. The first-order valence-corrected chi connectivity index (χ1v) is 5.44. The number of rotatable bonds is 1. The smallest absolute Gasteiger partial charge is 0.261 e. The summed E-state index contributed by atoms with van der Waals surface area (Å²) in [5, 5.41) is 2.36. The Balaban J connectivity index is 2.41. The Hall–Kier alpha value is -2.08. The molecule has 0 aliphatic heterocycles. The van der Waals surface area contributed by atoms with Crippen LogP contribution in [-0.4, -0.2) is 9.97 Å². The predicted octanol–water partition coefficient (Wildman–Crippen LogP) is 1.83. The third kappa shape index (κ3) is 1.24. The second-order valence-corrected chi connectivity index (χ2v) is 4.12. The number of nitrogens with two attached hydrogens (primary N) is 1. The van der Waals surface area contributed by atoms with Gasteiger partial charge in [-0.3, -0.25) is 9.78 Å². The predicted molar refractivity (Wildman–Crippen MR) is 62.4 cm³/mol. The van der Waals surface area contributed by atoms with Crippen LogP contribution in [0.2, 0.25) is 0 Å². The van der Waals surface area contributed by atoms with E-state index in [1.165, 1.54) is 11.3 Å². The molecule has 0 aromatic carbocycles. The largest absolute Gasteiger partial charge is 0.464 e. The Kier molecular flexibility index (Phi) is 1.84. The number of aromatic amines is 1. The normalized spacial score (nSPS) is 11.0. The lowest BCUT2D eigenvalue weighted by Crippen LogP contribution is -2.10. The van der Waals surface area contributed by atoms with Crippen molar-refractivity contribution in [1.29, 1.82) is 0 Å². The van der Waals surface area contributed by atoms with Gasteiger partial charge in [-0.2, -0.15) is 0 Å². The van der Waals surface area contributed by atoms with Crippen molar-refractivity contribution in [3.63, 3.8) is 0 Å². The SMILES string of the molecule is Nc1nc2scc(-c3ccco3)c2c(=O)[nH]1. The highest BCUT2D eigenvalue weighted by Crippen LogP contribution is 2.30. The van der Waals surface area contributed by atoms with Crippen molar-refractivity contribution in [3.8, 4) is 11.3 Å². The van der Waals surface area contributed by atoms with Crippen molar-refractivity contribution in [2.45, 2.75) is 0 Å². The van der Waals surface area contributed by atoms with Crippen molar-refractivity contribution >= 4 is 27.5 Å². The summed E-state index contributed by atoms with van der Waals surface area (Å²) in [5.74, 6) is 0.786. The summed E-state index contributed by atoms with van der Waals surface area (Å²) in [7, 11) is 0. The molecule has 80 valence electrons. The van der Waals surface area contributed by atoms with Gasteiger partial charge in [-0.15, -0.1) is 11.3 Å². The quantitative estimate of drug-likeness (QED) is 0.671. The molecule has 0 fully saturated rings. The fraction of sp³-hybridized carbons (Fsp3) is 0. The van der Waals surface area contributed by atoms with Gasteiger partial charge in [-0.05, 0) is 12.1 Å². The molecule has 16 heavy (non-hydrogen) atoms. The molecule has 6 heteroatoms. The summed E-state index contributed by atoms with van der Waals surface area (Å²) in [6.45, 7) is 0. The third-order valence-electron chi connectivity index (χ3n) is 2.25. The molecule has 3 heterocycles. The number of nitrogens with one attached hydrogen (secondary N) is 1. The fourth-order valence-corrected chi connectivity index (χ4v) is 2.51. The maximum Gasteiger partial charge on any atom is 0.261 e. The zero-order valence-electron chi connectivity index (χ0n) is 8.06. The minimum atomic E-state index is -0.241. The first kappa shape index (κ1) is 9.17. The Morgan fingerprint density at radius 1 is 1.50 bits per heavy atom. The molecule has 3 rings (SSSR count). The fourth-order valence-electron chi connectivity index (χ4n) is 1.58. The van der Waals surface area contributed by atoms with E-state index in [1.54, 1.807) is 18.4 Å². The molecule has 3 N–H and O–H groups in total. The number of fused-ring (bicyclic) bond motifs is 1. The highest BCUT2D eigenvalue weighted by molar-refractivity contribution is 7.17. The average Bonchev–Trinajstić information content (AvgIpc) is 2.82. The number of thiophene rings is 1. The molecule has 3 aromatic rings. The van der Waals surface area contributed by atoms with Crippen LogP contribution in [0.4, 0.5) is 5.95 Å². The standard InChI is InChI=1S/C10H7N3O2S/c11-10-12-8(14)7-5(4-16-9(7)13-10)6-2-1-3-15-6/h1-4H,(H3,11,12,13,14). The maximum atomic E-state index is 11.8. The zero-order chi connectivity index (χ0) is 11.1. The first-order valence-electron chi connectivity index (χ1n) is 4.56. The van der Waals surface area contributed by atoms with Crippen molar-refractivity contribution < 1.29 is 4.42 Å². The van der Waals surface area contributed by atoms with Crippen LogP contribution < -0.4 is 11.3 Å². The van der Waals surface area contributed by atoms with Gasteiger partial charge in [0.1, 0.15) is 10.6 Å². The van der Waals surface area contributed by atoms with Gasteiger partial charge in [0.05, 0.1) is 11.6 Å². The molecular formula is C10H7N3O2S. The minimum Gasteiger partial charge on any atom is -0.464 e. The highest BCUT2D eigenvalue weighted by Gasteiger charge is 2.13. The number of furan rings is 1. The number of hydrogen-bond acceptors (Lipinski definition) is 5. The monoisotopic (exact) mass is 233 g/mol. The first-order chi connectivity index (χ1) is 7.75. The van der Waals surface area contributed by atoms with Gasteiger partial charge < -0.3 is 10.2 Å². The van der Waals surface area contributed by atoms with E-state index in [-0.39, 0.29) is 11.5 Å². The van der Waals surface area contributed by atoms with E-state index in [2.05, 4.69) is 9.97 Å². The number of aromatic nitrogens is 2. The van der Waals surface area contributed by atoms with Gasteiger partial charge >= 0.3 is 0 Å². The Labute approximate surface area is 93.5 Å². The molecule has 0 atom stereocenters. The summed E-state index contributed by atoms with van der Waals surface area (Å²) in [6.07, 6.45) is 1.57. The number of anilines is 1. The van der Waals surface area contributed by atoms with Crippen LogP contribution >= 0.6 is 11.3 Å². The van der Waals surface area contributed by atoms with E-state index in [4.69, 9.17) is 10.2 Å². The van der Waals surface area contributed by atoms with Gasteiger partial charge in [0, 0.05) is 10.9 Å². The Bertz CT molecular complexity index is 696. The van der Waals surface area contributed by atoms with Crippen LogP contribution in [0.1, 0.15) is 0 Å². The molecule has 0 radical (unpaired) electrons. The summed E-state index contributed by atoms with van der Waals surface area (Å²) in [6, 6.07) is 3.58. The van der Waals surface area contributed by atoms with E-state index < -0.39 is 0 Å². The molecule has 3 aromatic heterocycles. The molecule has 0 aliphatic rings. The zero-order valence-corrected chi connectivity index (χ0v) is 8.88. The average molecular weight is 233 g/mol. The second-order valence-electron chi connectivity index (χ2n) is 3.26. The summed E-state index contributed by atoms with van der Waals surface area (Å²) >= 11 is 1.37. The van der Waals surface area contributed by atoms with Crippen LogP contribution in [0.25, 0.3) is 21.5 Å². The molecule has 0 unspecified atom stereocenters. The van der Waals surface area contributed by atoms with E-state index in [0.717, 1.165) is 5.56 Å². The van der Waals surface area contributed by atoms with Crippen LogP contribution in [0.5, 0.6) is 0 Å². The maximum absolute atomic E-state index is 11.8. The van der Waals surface area contributed by atoms with Gasteiger partial charge in [-0.25, -0.2) is 4.98 Å².